The van der Waals surface area contributed by atoms with E-state index in [0.29, 0.717) is 13.0 Å². The van der Waals surface area contributed by atoms with Crippen LogP contribution >= 0.6 is 0 Å². The number of para-hydroxylation sites is 1. The number of aliphatic hydroxyl groups excluding tert-OH is 1. The fourth-order valence-electron chi connectivity index (χ4n) is 2.07. The summed E-state index contributed by atoms with van der Waals surface area (Å²) in [5.41, 5.74) is 7.04. The molecule has 0 radical (unpaired) electrons. The number of anilines is 1. The van der Waals surface area contributed by atoms with E-state index in [1.165, 1.54) is 0 Å². The number of primary amides is 1. The minimum Gasteiger partial charge on any atom is -0.384 e. The number of hydrogen-bond acceptors (Lipinski definition) is 4. The molecule has 5 N–H and O–H groups in total. The third kappa shape index (κ3) is 3.23. The molecule has 0 bridgehead atoms. The summed E-state index contributed by atoms with van der Waals surface area (Å²) in [6.45, 7) is 0.391. The summed E-state index contributed by atoms with van der Waals surface area (Å²) in [5.74, 6) is -1.25. The highest BCUT2D eigenvalue weighted by atomic mass is 16.3. The van der Waals surface area contributed by atoms with Crippen molar-refractivity contribution in [3.8, 4) is 0 Å². The fraction of sp³-hybridized carbons (Fsp3) is 0.385. The van der Waals surface area contributed by atoms with Gasteiger partial charge in [-0.3, -0.25) is 9.59 Å². The van der Waals surface area contributed by atoms with E-state index in [9.17, 15) is 14.7 Å². The molecule has 6 heteroatoms. The van der Waals surface area contributed by atoms with Crippen LogP contribution in [0.2, 0.25) is 0 Å². The van der Waals surface area contributed by atoms with Crippen molar-refractivity contribution in [2.75, 3.05) is 18.4 Å². The number of nitrogens with two attached hydrogens (primary N) is 1. The first-order valence-electron chi connectivity index (χ1n) is 6.15. The number of nitrogens with one attached hydrogen (secondary N) is 2. The lowest BCUT2D eigenvalue weighted by Gasteiger charge is -2.25. The van der Waals surface area contributed by atoms with E-state index in [1.54, 1.807) is 0 Å². The van der Waals surface area contributed by atoms with Crippen LogP contribution in [0.25, 0.3) is 0 Å². The minimum atomic E-state index is -1.34. The minimum absolute atomic E-state index is 0.147. The highest BCUT2D eigenvalue weighted by molar-refractivity contribution is 5.83. The molecule has 102 valence electrons. The summed E-state index contributed by atoms with van der Waals surface area (Å²) < 4.78 is 0. The zero-order valence-electron chi connectivity index (χ0n) is 10.4. The molecule has 0 saturated heterocycles. The molecular formula is C13H17N3O3. The summed E-state index contributed by atoms with van der Waals surface area (Å²) in [7, 11) is 0. The Balaban J connectivity index is 1.90. The van der Waals surface area contributed by atoms with E-state index < -0.39 is 12.0 Å². The van der Waals surface area contributed by atoms with Crippen molar-refractivity contribution in [1.82, 2.24) is 5.32 Å². The van der Waals surface area contributed by atoms with Crippen LogP contribution in [-0.4, -0.2) is 36.1 Å². The van der Waals surface area contributed by atoms with Crippen LogP contribution < -0.4 is 16.4 Å². The first-order chi connectivity index (χ1) is 9.08. The standard InChI is InChI=1S/C13H17N3O3/c14-12(18)11(17)7-16-13(19)9-5-8-3-1-2-4-10(8)15-6-9/h1-4,9,11,15,17H,5-7H2,(H2,14,18)(H,16,19). The van der Waals surface area contributed by atoms with E-state index >= 15 is 0 Å². The highest BCUT2D eigenvalue weighted by Crippen LogP contribution is 2.24. The number of amides is 2. The summed E-state index contributed by atoms with van der Waals surface area (Å²) in [6.07, 6.45) is -0.699. The van der Waals surface area contributed by atoms with Gasteiger partial charge in [-0.05, 0) is 18.1 Å². The van der Waals surface area contributed by atoms with Gasteiger partial charge in [0.15, 0.2) is 0 Å². The van der Waals surface area contributed by atoms with Gasteiger partial charge < -0.3 is 21.5 Å². The SMILES string of the molecule is NC(=O)C(O)CNC(=O)C1CNc2ccccc2C1. The third-order valence-corrected chi connectivity index (χ3v) is 3.19. The Morgan fingerprint density at radius 2 is 2.21 bits per heavy atom. The molecule has 0 aliphatic carbocycles. The molecule has 0 fully saturated rings. The van der Waals surface area contributed by atoms with Crippen molar-refractivity contribution in [1.29, 1.82) is 0 Å². The number of hydrogen-bond donors (Lipinski definition) is 4. The molecule has 2 amide bonds. The largest absolute Gasteiger partial charge is 0.384 e. The molecule has 19 heavy (non-hydrogen) atoms. The summed E-state index contributed by atoms with van der Waals surface area (Å²) >= 11 is 0. The number of aliphatic hydroxyl groups is 1. The molecule has 2 rings (SSSR count). The Hall–Kier alpha value is -2.08. The molecule has 0 aromatic heterocycles. The summed E-state index contributed by atoms with van der Waals surface area (Å²) in [6, 6.07) is 7.81. The van der Waals surface area contributed by atoms with Gasteiger partial charge in [0, 0.05) is 12.2 Å². The van der Waals surface area contributed by atoms with Gasteiger partial charge in [-0.15, -0.1) is 0 Å². The topological polar surface area (TPSA) is 104 Å². The van der Waals surface area contributed by atoms with Crippen molar-refractivity contribution in [2.45, 2.75) is 12.5 Å². The normalized spacial score (nSPS) is 18.9. The van der Waals surface area contributed by atoms with Crippen LogP contribution in [0.5, 0.6) is 0 Å². The number of carbonyl (C=O) groups excluding carboxylic acids is 2. The van der Waals surface area contributed by atoms with Gasteiger partial charge in [0.2, 0.25) is 11.8 Å². The predicted octanol–water partition coefficient (Wildman–Crippen LogP) is -0.767. The lowest BCUT2D eigenvalue weighted by molar-refractivity contribution is -0.128. The van der Waals surface area contributed by atoms with Gasteiger partial charge in [0.25, 0.3) is 0 Å². The van der Waals surface area contributed by atoms with Crippen LogP contribution in [0.1, 0.15) is 5.56 Å². The molecule has 6 nitrogen and oxygen atoms in total. The van der Waals surface area contributed by atoms with Gasteiger partial charge in [-0.2, -0.15) is 0 Å². The zero-order chi connectivity index (χ0) is 13.8. The van der Waals surface area contributed by atoms with Gasteiger partial charge in [0.1, 0.15) is 6.10 Å². The van der Waals surface area contributed by atoms with E-state index in [0.717, 1.165) is 11.3 Å². The maximum absolute atomic E-state index is 11.9. The lowest BCUT2D eigenvalue weighted by Crippen LogP contribution is -2.44. The molecule has 2 atom stereocenters. The number of rotatable bonds is 4. The monoisotopic (exact) mass is 263 g/mol. The average Bonchev–Trinajstić information content (AvgIpc) is 2.43. The van der Waals surface area contributed by atoms with Crippen LogP contribution in [-0.2, 0) is 16.0 Å². The number of carbonyl (C=O) groups is 2. The van der Waals surface area contributed by atoms with Crippen molar-refractivity contribution < 1.29 is 14.7 Å². The number of benzene rings is 1. The first kappa shape index (κ1) is 13.4. The van der Waals surface area contributed by atoms with E-state index in [4.69, 9.17) is 5.73 Å². The van der Waals surface area contributed by atoms with E-state index in [1.807, 2.05) is 24.3 Å². The van der Waals surface area contributed by atoms with Crippen molar-refractivity contribution >= 4 is 17.5 Å². The van der Waals surface area contributed by atoms with E-state index in [-0.39, 0.29) is 18.4 Å². The smallest absolute Gasteiger partial charge is 0.248 e. The Morgan fingerprint density at radius 1 is 1.47 bits per heavy atom. The predicted molar refractivity (Wildman–Crippen MR) is 70.3 cm³/mol. The van der Waals surface area contributed by atoms with Crippen LogP contribution in [0, 0.1) is 5.92 Å². The molecule has 2 unspecified atom stereocenters. The highest BCUT2D eigenvalue weighted by Gasteiger charge is 2.24. The number of fused-ring (bicyclic) bond motifs is 1. The molecule has 1 aliphatic rings. The van der Waals surface area contributed by atoms with E-state index in [2.05, 4.69) is 10.6 Å². The molecule has 1 aromatic rings. The Kier molecular flexibility index (Phi) is 4.01. The maximum atomic E-state index is 11.9. The summed E-state index contributed by atoms with van der Waals surface area (Å²) in [5, 5.41) is 15.0. The fourth-order valence-corrected chi connectivity index (χ4v) is 2.07. The Bertz CT molecular complexity index is 490. The second kappa shape index (κ2) is 5.71. The second-order valence-corrected chi connectivity index (χ2v) is 4.60. The molecule has 0 spiro atoms. The lowest BCUT2D eigenvalue weighted by atomic mass is 9.93. The van der Waals surface area contributed by atoms with Crippen LogP contribution in [0.3, 0.4) is 0 Å². The summed E-state index contributed by atoms with van der Waals surface area (Å²) in [4.78, 5) is 22.6. The van der Waals surface area contributed by atoms with Crippen LogP contribution in [0.4, 0.5) is 5.69 Å². The molecule has 1 heterocycles. The average molecular weight is 263 g/mol. The van der Waals surface area contributed by atoms with Crippen molar-refractivity contribution in [3.05, 3.63) is 29.8 Å². The van der Waals surface area contributed by atoms with Gasteiger partial charge >= 0.3 is 0 Å². The quantitative estimate of drug-likeness (QED) is 0.572. The van der Waals surface area contributed by atoms with Crippen molar-refractivity contribution in [2.24, 2.45) is 11.7 Å². The van der Waals surface area contributed by atoms with Gasteiger partial charge in [-0.1, -0.05) is 18.2 Å². The van der Waals surface area contributed by atoms with Gasteiger partial charge in [0.05, 0.1) is 12.5 Å². The van der Waals surface area contributed by atoms with Gasteiger partial charge in [-0.25, -0.2) is 0 Å². The molecule has 1 aromatic carbocycles. The Morgan fingerprint density at radius 3 is 2.95 bits per heavy atom. The first-order valence-corrected chi connectivity index (χ1v) is 6.15. The van der Waals surface area contributed by atoms with Crippen LogP contribution in [0.15, 0.2) is 24.3 Å². The molecule has 1 aliphatic heterocycles. The zero-order valence-corrected chi connectivity index (χ0v) is 10.4. The molecule has 0 saturated carbocycles. The van der Waals surface area contributed by atoms with Crippen molar-refractivity contribution in [3.63, 3.8) is 0 Å². The Labute approximate surface area is 111 Å². The second-order valence-electron chi connectivity index (χ2n) is 4.60. The maximum Gasteiger partial charge on any atom is 0.248 e. The third-order valence-electron chi connectivity index (χ3n) is 3.19. The molecular weight excluding hydrogens is 246 g/mol.